The quantitative estimate of drug-likeness (QED) is 0.512. The van der Waals surface area contributed by atoms with Gasteiger partial charge in [0.2, 0.25) is 10.0 Å². The molecule has 2 aliphatic heterocycles. The maximum Gasteiger partial charge on any atom is 0.573 e. The molecule has 3 atom stereocenters. The van der Waals surface area contributed by atoms with Crippen molar-refractivity contribution in [2.45, 2.75) is 42.3 Å². The summed E-state index contributed by atoms with van der Waals surface area (Å²) in [6.45, 7) is 0.0128. The number of halogens is 3. The van der Waals surface area contributed by atoms with Crippen molar-refractivity contribution >= 4 is 21.5 Å². The first-order valence-electron chi connectivity index (χ1n) is 11.4. The number of sulfonamides is 1. The number of nitrogens with one attached hydrogen (secondary N) is 1. The molecule has 0 aliphatic carbocycles. The Balaban J connectivity index is 1.41. The number of anilines is 2. The number of fused-ring (bicyclic) bond motifs is 2. The standard InChI is InChI=1S/C24H23F3N4O5S/c25-24(26,27)36-17-7-9-18(10-8-17)37(33,34)30-19-12-35-13-21(22(19)32)31-20-4-2-1-3-15(20)5-6-16-11-28-14-29-23(16)31/h1-4,7-11,14,19,21-22,30,32H,5-6,12-13H2/t19-,21?,22+/m0/s1. The predicted molar refractivity (Wildman–Crippen MR) is 126 cm³/mol. The third-order valence-electron chi connectivity index (χ3n) is 6.31. The van der Waals surface area contributed by atoms with E-state index < -0.39 is 40.3 Å². The van der Waals surface area contributed by atoms with E-state index >= 15 is 0 Å². The first kappa shape index (κ1) is 25.4. The Morgan fingerprint density at radius 3 is 2.54 bits per heavy atom. The van der Waals surface area contributed by atoms with Crippen LogP contribution in [0.25, 0.3) is 0 Å². The number of benzene rings is 2. The first-order valence-corrected chi connectivity index (χ1v) is 12.9. The molecule has 0 spiro atoms. The number of para-hydroxylation sites is 1. The zero-order valence-corrected chi connectivity index (χ0v) is 20.1. The molecule has 0 saturated carbocycles. The van der Waals surface area contributed by atoms with E-state index in [0.29, 0.717) is 12.2 Å². The summed E-state index contributed by atoms with van der Waals surface area (Å²) in [7, 11) is -4.21. The summed E-state index contributed by atoms with van der Waals surface area (Å²) in [5, 5.41) is 11.4. The molecule has 0 radical (unpaired) electrons. The smallest absolute Gasteiger partial charge is 0.406 e. The van der Waals surface area contributed by atoms with Crippen molar-refractivity contribution in [1.29, 1.82) is 0 Å². The number of nitrogens with zero attached hydrogens (tertiary/aromatic N) is 3. The van der Waals surface area contributed by atoms with Gasteiger partial charge in [0.15, 0.2) is 0 Å². The minimum atomic E-state index is -4.90. The fourth-order valence-corrected chi connectivity index (χ4v) is 5.86. The minimum absolute atomic E-state index is 0.0989. The number of alkyl halides is 3. The third-order valence-corrected chi connectivity index (χ3v) is 7.81. The normalized spacial score (nSPS) is 22.1. The van der Waals surface area contributed by atoms with E-state index in [4.69, 9.17) is 4.74 Å². The van der Waals surface area contributed by atoms with Crippen molar-refractivity contribution in [3.63, 3.8) is 0 Å². The molecule has 13 heteroatoms. The van der Waals surface area contributed by atoms with Crippen molar-refractivity contribution < 1.29 is 36.2 Å². The molecule has 37 heavy (non-hydrogen) atoms. The fraction of sp³-hybridized carbons (Fsp3) is 0.333. The average molecular weight is 537 g/mol. The van der Waals surface area contributed by atoms with Crippen LogP contribution in [-0.4, -0.2) is 61.3 Å². The molecule has 5 rings (SSSR count). The first-order chi connectivity index (χ1) is 17.6. The molecule has 2 aliphatic rings. The van der Waals surface area contributed by atoms with Crippen LogP contribution in [0.2, 0.25) is 0 Å². The van der Waals surface area contributed by atoms with E-state index in [1.165, 1.54) is 6.33 Å². The van der Waals surface area contributed by atoms with Gasteiger partial charge in [-0.15, -0.1) is 13.2 Å². The zero-order valence-electron chi connectivity index (χ0n) is 19.3. The zero-order chi connectivity index (χ0) is 26.2. The number of rotatable bonds is 5. The highest BCUT2D eigenvalue weighted by molar-refractivity contribution is 7.89. The second kappa shape index (κ2) is 9.89. The molecular weight excluding hydrogens is 513 g/mol. The third kappa shape index (κ3) is 5.39. The highest BCUT2D eigenvalue weighted by Crippen LogP contribution is 2.38. The molecule has 196 valence electrons. The largest absolute Gasteiger partial charge is 0.573 e. The minimum Gasteiger partial charge on any atom is -0.406 e. The molecule has 1 aromatic heterocycles. The van der Waals surface area contributed by atoms with E-state index in [0.717, 1.165) is 47.5 Å². The molecule has 2 N–H and O–H groups in total. The average Bonchev–Trinajstić information content (AvgIpc) is 3.02. The summed E-state index contributed by atoms with van der Waals surface area (Å²) in [5.74, 6) is 0.0596. The Hall–Kier alpha value is -3.26. The Morgan fingerprint density at radius 2 is 1.78 bits per heavy atom. The van der Waals surface area contributed by atoms with Crippen LogP contribution in [0.4, 0.5) is 24.7 Å². The lowest BCUT2D eigenvalue weighted by molar-refractivity contribution is -0.274. The molecule has 2 aromatic carbocycles. The number of aromatic nitrogens is 2. The molecule has 1 fully saturated rings. The second-order valence-corrected chi connectivity index (χ2v) is 10.4. The Kier molecular flexibility index (Phi) is 6.79. The van der Waals surface area contributed by atoms with Crippen LogP contribution in [0.5, 0.6) is 5.75 Å². The number of aliphatic hydroxyl groups is 1. The van der Waals surface area contributed by atoms with Crippen molar-refractivity contribution in [1.82, 2.24) is 14.7 Å². The van der Waals surface area contributed by atoms with E-state index in [1.54, 1.807) is 6.20 Å². The molecule has 1 saturated heterocycles. The summed E-state index contributed by atoms with van der Waals surface area (Å²) < 4.78 is 75.2. The monoisotopic (exact) mass is 536 g/mol. The van der Waals surface area contributed by atoms with Gasteiger partial charge >= 0.3 is 6.36 Å². The van der Waals surface area contributed by atoms with E-state index in [-0.39, 0.29) is 18.1 Å². The van der Waals surface area contributed by atoms with E-state index in [9.17, 15) is 26.7 Å². The van der Waals surface area contributed by atoms with Gasteiger partial charge in [-0.05, 0) is 48.7 Å². The SMILES string of the molecule is O=S(=O)(N[C@H]1COCC(N2c3ccccc3CCc3cncnc32)[C@@H]1O)c1ccc(OC(F)(F)F)cc1. The number of aliphatic hydroxyl groups excluding tert-OH is 1. The predicted octanol–water partition coefficient (Wildman–Crippen LogP) is 2.72. The van der Waals surface area contributed by atoms with Crippen LogP contribution in [0.15, 0.2) is 66.0 Å². The van der Waals surface area contributed by atoms with Gasteiger partial charge in [-0.1, -0.05) is 18.2 Å². The van der Waals surface area contributed by atoms with Gasteiger partial charge in [0.1, 0.15) is 17.9 Å². The van der Waals surface area contributed by atoms with E-state index in [2.05, 4.69) is 19.4 Å². The van der Waals surface area contributed by atoms with Crippen LogP contribution in [-0.2, 0) is 27.6 Å². The summed E-state index contributed by atoms with van der Waals surface area (Å²) in [4.78, 5) is 10.2. The number of hydrogen-bond donors (Lipinski definition) is 2. The van der Waals surface area contributed by atoms with Crippen LogP contribution in [0.1, 0.15) is 11.1 Å². The van der Waals surface area contributed by atoms with Crippen LogP contribution in [0, 0.1) is 0 Å². The van der Waals surface area contributed by atoms with Crippen LogP contribution >= 0.6 is 0 Å². The Bertz CT molecular complexity index is 1320. The number of ether oxygens (including phenoxy) is 2. The fourth-order valence-electron chi connectivity index (χ4n) is 4.62. The van der Waals surface area contributed by atoms with Crippen molar-refractivity contribution in [2.24, 2.45) is 0 Å². The van der Waals surface area contributed by atoms with Crippen LogP contribution < -0.4 is 14.4 Å². The maximum absolute atomic E-state index is 13.0. The van der Waals surface area contributed by atoms with Crippen molar-refractivity contribution in [2.75, 3.05) is 18.1 Å². The molecular formula is C24H23F3N4O5S. The van der Waals surface area contributed by atoms with Crippen molar-refractivity contribution in [3.8, 4) is 5.75 Å². The highest BCUT2D eigenvalue weighted by atomic mass is 32.2. The van der Waals surface area contributed by atoms with Gasteiger partial charge in [-0.25, -0.2) is 23.1 Å². The van der Waals surface area contributed by atoms with E-state index in [1.807, 2.05) is 29.2 Å². The summed E-state index contributed by atoms with van der Waals surface area (Å²) in [5.41, 5.74) is 2.75. The van der Waals surface area contributed by atoms with Gasteiger partial charge in [-0.2, -0.15) is 0 Å². The molecule has 0 amide bonds. The molecule has 0 bridgehead atoms. The number of aryl methyl sites for hydroxylation is 2. The lowest BCUT2D eigenvalue weighted by Gasteiger charge is -2.42. The molecule has 3 aromatic rings. The molecule has 1 unspecified atom stereocenters. The second-order valence-electron chi connectivity index (χ2n) is 8.71. The highest BCUT2D eigenvalue weighted by Gasteiger charge is 2.41. The van der Waals surface area contributed by atoms with Crippen molar-refractivity contribution in [3.05, 3.63) is 72.2 Å². The molecule has 3 heterocycles. The van der Waals surface area contributed by atoms with Gasteiger partial charge in [0.25, 0.3) is 0 Å². The maximum atomic E-state index is 13.0. The van der Waals surface area contributed by atoms with Crippen LogP contribution in [0.3, 0.4) is 0 Å². The Morgan fingerprint density at radius 1 is 1.05 bits per heavy atom. The van der Waals surface area contributed by atoms with Gasteiger partial charge in [0, 0.05) is 17.4 Å². The number of hydrogen-bond acceptors (Lipinski definition) is 8. The van der Waals surface area contributed by atoms with Gasteiger partial charge in [-0.3, -0.25) is 0 Å². The van der Waals surface area contributed by atoms with Gasteiger partial charge in [0.05, 0.1) is 36.3 Å². The Labute approximate surface area is 210 Å². The summed E-state index contributed by atoms with van der Waals surface area (Å²) in [6, 6.07) is 9.79. The lowest BCUT2D eigenvalue weighted by Crippen LogP contribution is -2.60. The van der Waals surface area contributed by atoms with Gasteiger partial charge < -0.3 is 19.5 Å². The lowest BCUT2D eigenvalue weighted by atomic mass is 9.99. The summed E-state index contributed by atoms with van der Waals surface area (Å²) >= 11 is 0. The topological polar surface area (TPSA) is 114 Å². The summed E-state index contributed by atoms with van der Waals surface area (Å²) in [6.07, 6.45) is -1.53. The molecule has 9 nitrogen and oxygen atoms in total.